The summed E-state index contributed by atoms with van der Waals surface area (Å²) >= 11 is 0. The van der Waals surface area contributed by atoms with Crippen molar-refractivity contribution in [2.24, 2.45) is 5.92 Å². The third kappa shape index (κ3) is 2.97. The Morgan fingerprint density at radius 2 is 2.12 bits per heavy atom. The second kappa shape index (κ2) is 5.50. The van der Waals surface area contributed by atoms with Crippen molar-refractivity contribution in [2.75, 3.05) is 18.0 Å². The maximum absolute atomic E-state index is 9.44. The summed E-state index contributed by atoms with van der Waals surface area (Å²) in [4.78, 5) is 6.79. The normalized spacial score (nSPS) is 19.4. The maximum atomic E-state index is 9.44. The molecule has 1 aromatic heterocycles. The van der Waals surface area contributed by atoms with Crippen LogP contribution in [0.2, 0.25) is 0 Å². The topological polar surface area (TPSA) is 36.4 Å². The highest BCUT2D eigenvalue weighted by Gasteiger charge is 2.18. The number of piperidine rings is 1. The zero-order valence-electron chi connectivity index (χ0n) is 10.8. The molecule has 0 amide bonds. The van der Waals surface area contributed by atoms with E-state index < -0.39 is 6.10 Å². The predicted molar refractivity (Wildman–Crippen MR) is 70.1 cm³/mol. The molecule has 0 aliphatic carbocycles. The van der Waals surface area contributed by atoms with Gasteiger partial charge in [-0.2, -0.15) is 0 Å². The summed E-state index contributed by atoms with van der Waals surface area (Å²) in [6, 6.07) is 3.99. The molecule has 1 fully saturated rings. The number of aliphatic hydroxyl groups excluding tert-OH is 1. The summed E-state index contributed by atoms with van der Waals surface area (Å²) in [5.41, 5.74) is 0.886. The molecule has 1 N–H and O–H groups in total. The summed E-state index contributed by atoms with van der Waals surface area (Å²) in [6.07, 6.45) is 5.20. The Kier molecular flexibility index (Phi) is 4.00. The monoisotopic (exact) mass is 234 g/mol. The first kappa shape index (κ1) is 12.4. The first-order chi connectivity index (χ1) is 8.20. The molecule has 2 heterocycles. The SMILES string of the molecule is CCC1CCN(c2ccc(C(C)O)cn2)CC1. The molecule has 1 atom stereocenters. The second-order valence-electron chi connectivity index (χ2n) is 4.96. The Hall–Kier alpha value is -1.09. The molecule has 17 heavy (non-hydrogen) atoms. The molecule has 1 unspecified atom stereocenters. The first-order valence-corrected chi connectivity index (χ1v) is 6.59. The molecular weight excluding hydrogens is 212 g/mol. The van der Waals surface area contributed by atoms with Crippen molar-refractivity contribution in [3.63, 3.8) is 0 Å². The van der Waals surface area contributed by atoms with E-state index in [2.05, 4.69) is 16.8 Å². The van der Waals surface area contributed by atoms with E-state index >= 15 is 0 Å². The van der Waals surface area contributed by atoms with Crippen molar-refractivity contribution in [1.82, 2.24) is 4.98 Å². The number of aliphatic hydroxyl groups is 1. The molecule has 3 heteroatoms. The minimum absolute atomic E-state index is 0.428. The zero-order chi connectivity index (χ0) is 12.3. The van der Waals surface area contributed by atoms with Gasteiger partial charge in [-0.05, 0) is 37.3 Å². The van der Waals surface area contributed by atoms with Crippen LogP contribution in [0.3, 0.4) is 0 Å². The molecule has 0 radical (unpaired) electrons. The average Bonchev–Trinajstić information content (AvgIpc) is 2.39. The van der Waals surface area contributed by atoms with E-state index in [4.69, 9.17) is 0 Å². The number of aromatic nitrogens is 1. The molecule has 0 spiro atoms. The highest BCUT2D eigenvalue weighted by Crippen LogP contribution is 2.24. The van der Waals surface area contributed by atoms with Crippen molar-refractivity contribution < 1.29 is 5.11 Å². The van der Waals surface area contributed by atoms with Crippen LogP contribution < -0.4 is 4.90 Å². The van der Waals surface area contributed by atoms with Crippen LogP contribution >= 0.6 is 0 Å². The third-order valence-corrected chi connectivity index (χ3v) is 3.77. The van der Waals surface area contributed by atoms with Gasteiger partial charge in [-0.3, -0.25) is 0 Å². The number of hydrogen-bond donors (Lipinski definition) is 1. The van der Waals surface area contributed by atoms with E-state index in [0.29, 0.717) is 0 Å². The molecule has 2 rings (SSSR count). The van der Waals surface area contributed by atoms with Crippen LogP contribution in [-0.2, 0) is 0 Å². The van der Waals surface area contributed by atoms with Crippen LogP contribution in [0, 0.1) is 5.92 Å². The van der Waals surface area contributed by atoms with Crippen molar-refractivity contribution in [1.29, 1.82) is 0 Å². The molecule has 1 saturated heterocycles. The fourth-order valence-corrected chi connectivity index (χ4v) is 2.40. The molecule has 0 bridgehead atoms. The Morgan fingerprint density at radius 3 is 2.59 bits per heavy atom. The van der Waals surface area contributed by atoms with Crippen LogP contribution in [0.1, 0.15) is 44.8 Å². The van der Waals surface area contributed by atoms with E-state index in [1.54, 1.807) is 13.1 Å². The predicted octanol–water partition coefficient (Wildman–Crippen LogP) is 2.76. The van der Waals surface area contributed by atoms with Crippen LogP contribution in [-0.4, -0.2) is 23.2 Å². The second-order valence-corrected chi connectivity index (χ2v) is 4.96. The average molecular weight is 234 g/mol. The Labute approximate surface area is 103 Å². The zero-order valence-corrected chi connectivity index (χ0v) is 10.8. The van der Waals surface area contributed by atoms with Gasteiger partial charge in [0.1, 0.15) is 5.82 Å². The Bertz CT molecular complexity index is 340. The van der Waals surface area contributed by atoms with Gasteiger partial charge in [-0.25, -0.2) is 4.98 Å². The standard InChI is InChI=1S/C14H22N2O/c1-3-12-6-8-16(9-7-12)14-5-4-13(10-15-14)11(2)17/h4-5,10-12,17H,3,6-9H2,1-2H3. The molecule has 1 aliphatic heterocycles. The highest BCUT2D eigenvalue weighted by molar-refractivity contribution is 5.40. The summed E-state index contributed by atoms with van der Waals surface area (Å²) in [5.74, 6) is 1.94. The Balaban J connectivity index is 1.99. The van der Waals surface area contributed by atoms with Gasteiger partial charge in [-0.15, -0.1) is 0 Å². The van der Waals surface area contributed by atoms with Crippen molar-refractivity contribution >= 4 is 5.82 Å². The van der Waals surface area contributed by atoms with Gasteiger partial charge in [0.2, 0.25) is 0 Å². The molecule has 0 aromatic carbocycles. The quantitative estimate of drug-likeness (QED) is 0.873. The fraction of sp³-hybridized carbons (Fsp3) is 0.643. The van der Waals surface area contributed by atoms with E-state index in [1.165, 1.54) is 19.3 Å². The number of nitrogens with zero attached hydrogens (tertiary/aromatic N) is 2. The van der Waals surface area contributed by atoms with Gasteiger partial charge in [0.15, 0.2) is 0 Å². The van der Waals surface area contributed by atoms with Crippen molar-refractivity contribution in [3.05, 3.63) is 23.9 Å². The van der Waals surface area contributed by atoms with Gasteiger partial charge >= 0.3 is 0 Å². The van der Waals surface area contributed by atoms with E-state index in [0.717, 1.165) is 30.4 Å². The number of rotatable bonds is 3. The number of hydrogen-bond acceptors (Lipinski definition) is 3. The van der Waals surface area contributed by atoms with Gasteiger partial charge in [0.25, 0.3) is 0 Å². The largest absolute Gasteiger partial charge is 0.389 e. The van der Waals surface area contributed by atoms with E-state index in [9.17, 15) is 5.11 Å². The summed E-state index contributed by atoms with van der Waals surface area (Å²) in [7, 11) is 0. The smallest absolute Gasteiger partial charge is 0.128 e. The molecule has 1 aliphatic rings. The Morgan fingerprint density at radius 1 is 1.41 bits per heavy atom. The first-order valence-electron chi connectivity index (χ1n) is 6.59. The summed E-state index contributed by atoms with van der Waals surface area (Å²) in [6.45, 7) is 6.26. The van der Waals surface area contributed by atoms with Crippen LogP contribution in [0.4, 0.5) is 5.82 Å². The lowest BCUT2D eigenvalue weighted by molar-refractivity contribution is 0.199. The lowest BCUT2D eigenvalue weighted by atomic mass is 9.94. The van der Waals surface area contributed by atoms with Gasteiger partial charge in [0.05, 0.1) is 6.10 Å². The van der Waals surface area contributed by atoms with Gasteiger partial charge < -0.3 is 10.0 Å². The lowest BCUT2D eigenvalue weighted by Crippen LogP contribution is -2.34. The minimum atomic E-state index is -0.428. The maximum Gasteiger partial charge on any atom is 0.128 e. The van der Waals surface area contributed by atoms with Crippen LogP contribution in [0.25, 0.3) is 0 Å². The summed E-state index contributed by atoms with van der Waals surface area (Å²) in [5, 5.41) is 9.44. The molecule has 1 aromatic rings. The van der Waals surface area contributed by atoms with Crippen molar-refractivity contribution in [2.45, 2.75) is 39.2 Å². The van der Waals surface area contributed by atoms with Crippen LogP contribution in [0.5, 0.6) is 0 Å². The number of pyridine rings is 1. The third-order valence-electron chi connectivity index (χ3n) is 3.77. The number of anilines is 1. The highest BCUT2D eigenvalue weighted by atomic mass is 16.3. The molecular formula is C14H22N2O. The summed E-state index contributed by atoms with van der Waals surface area (Å²) < 4.78 is 0. The van der Waals surface area contributed by atoms with E-state index in [1.807, 2.05) is 12.1 Å². The minimum Gasteiger partial charge on any atom is -0.389 e. The molecule has 3 nitrogen and oxygen atoms in total. The lowest BCUT2D eigenvalue weighted by Gasteiger charge is -2.32. The molecule has 0 saturated carbocycles. The van der Waals surface area contributed by atoms with Gasteiger partial charge in [-0.1, -0.05) is 19.4 Å². The van der Waals surface area contributed by atoms with Gasteiger partial charge in [0, 0.05) is 19.3 Å². The van der Waals surface area contributed by atoms with E-state index in [-0.39, 0.29) is 0 Å². The van der Waals surface area contributed by atoms with Crippen LogP contribution in [0.15, 0.2) is 18.3 Å². The molecule has 94 valence electrons. The van der Waals surface area contributed by atoms with Crippen molar-refractivity contribution in [3.8, 4) is 0 Å². The fourth-order valence-electron chi connectivity index (χ4n) is 2.40.